The first kappa shape index (κ1) is 15.9. The van der Waals surface area contributed by atoms with Crippen molar-refractivity contribution < 1.29 is 14.3 Å². The first-order chi connectivity index (χ1) is 7.77. The van der Waals surface area contributed by atoms with Gasteiger partial charge in [0.05, 0.1) is 6.26 Å². The van der Waals surface area contributed by atoms with Crippen molar-refractivity contribution in [3.8, 4) is 0 Å². The number of unbranched alkanes of at least 4 members (excludes halogenated alkanes) is 8. The number of allylic oxidation sites excluding steroid dienone is 1. The van der Waals surface area contributed by atoms with Gasteiger partial charge in [0.15, 0.2) is 0 Å². The molecule has 0 saturated heterocycles. The van der Waals surface area contributed by atoms with Gasteiger partial charge in [-0.2, -0.15) is 0 Å². The van der Waals surface area contributed by atoms with Gasteiger partial charge in [0, 0.05) is 0 Å². The van der Waals surface area contributed by atoms with Crippen molar-refractivity contribution >= 4 is 8.60 Å². The number of hydrogen-bond donors (Lipinski definition) is 2. The standard InChI is InChI=1S/C12H25O3P/c1-2-3-4-5-6-7-8-9-10-11-12-15-16(13)14/h11-14H,2-10H2,1H3/b12-11+. The van der Waals surface area contributed by atoms with Gasteiger partial charge in [0.25, 0.3) is 0 Å². The van der Waals surface area contributed by atoms with Crippen LogP contribution in [0.4, 0.5) is 0 Å². The normalized spacial score (nSPS) is 11.5. The topological polar surface area (TPSA) is 49.7 Å². The van der Waals surface area contributed by atoms with Crippen molar-refractivity contribution in [3.05, 3.63) is 12.3 Å². The fraction of sp³-hybridized carbons (Fsp3) is 0.833. The molecule has 0 heterocycles. The molecule has 0 bridgehead atoms. The molecule has 3 nitrogen and oxygen atoms in total. The lowest BCUT2D eigenvalue weighted by Crippen LogP contribution is -1.80. The lowest BCUT2D eigenvalue weighted by molar-refractivity contribution is 0.341. The second kappa shape index (κ2) is 13.0. The van der Waals surface area contributed by atoms with Crippen molar-refractivity contribution in [1.29, 1.82) is 0 Å². The summed E-state index contributed by atoms with van der Waals surface area (Å²) in [4.78, 5) is 16.9. The minimum Gasteiger partial charge on any atom is -0.435 e. The lowest BCUT2D eigenvalue weighted by Gasteiger charge is -2.00. The summed E-state index contributed by atoms with van der Waals surface area (Å²) in [5.74, 6) is 0. The van der Waals surface area contributed by atoms with E-state index in [4.69, 9.17) is 9.79 Å². The van der Waals surface area contributed by atoms with Crippen LogP contribution in [0.15, 0.2) is 12.3 Å². The number of rotatable bonds is 11. The van der Waals surface area contributed by atoms with E-state index < -0.39 is 8.60 Å². The summed E-state index contributed by atoms with van der Waals surface area (Å²) in [5.41, 5.74) is 0. The molecule has 16 heavy (non-hydrogen) atoms. The van der Waals surface area contributed by atoms with E-state index in [-0.39, 0.29) is 0 Å². The van der Waals surface area contributed by atoms with Crippen LogP contribution in [0.25, 0.3) is 0 Å². The molecule has 0 saturated carbocycles. The molecule has 0 radical (unpaired) electrons. The van der Waals surface area contributed by atoms with Gasteiger partial charge in [-0.15, -0.1) is 0 Å². The molecule has 0 fully saturated rings. The molecule has 0 aromatic carbocycles. The van der Waals surface area contributed by atoms with Crippen LogP contribution in [0, 0.1) is 0 Å². The van der Waals surface area contributed by atoms with Crippen molar-refractivity contribution in [1.82, 2.24) is 0 Å². The molecule has 0 aromatic rings. The van der Waals surface area contributed by atoms with Gasteiger partial charge in [0.2, 0.25) is 0 Å². The van der Waals surface area contributed by atoms with E-state index in [1.54, 1.807) is 0 Å². The van der Waals surface area contributed by atoms with Gasteiger partial charge in [-0.1, -0.05) is 51.9 Å². The molecule has 0 aliphatic rings. The summed E-state index contributed by atoms with van der Waals surface area (Å²) >= 11 is 0. The van der Waals surface area contributed by atoms with Crippen LogP contribution in [0.3, 0.4) is 0 Å². The van der Waals surface area contributed by atoms with Gasteiger partial charge < -0.3 is 14.3 Å². The summed E-state index contributed by atoms with van der Waals surface area (Å²) in [6, 6.07) is 0. The van der Waals surface area contributed by atoms with Gasteiger partial charge in [-0.3, -0.25) is 0 Å². The molecule has 0 rings (SSSR count). The summed E-state index contributed by atoms with van der Waals surface area (Å²) in [6.07, 6.45) is 14.7. The van der Waals surface area contributed by atoms with Crippen LogP contribution in [0.2, 0.25) is 0 Å². The van der Waals surface area contributed by atoms with E-state index in [0.717, 1.165) is 12.8 Å². The third-order valence-corrected chi connectivity index (χ3v) is 2.79. The summed E-state index contributed by atoms with van der Waals surface area (Å²) in [7, 11) is -2.22. The Labute approximate surface area is 101 Å². The van der Waals surface area contributed by atoms with Crippen molar-refractivity contribution in [2.45, 2.75) is 64.7 Å². The Balaban J connectivity index is 3.01. The Kier molecular flexibility index (Phi) is 12.9. The van der Waals surface area contributed by atoms with Crippen molar-refractivity contribution in [2.75, 3.05) is 0 Å². The average molecular weight is 248 g/mol. The highest BCUT2D eigenvalue weighted by molar-refractivity contribution is 7.39. The fourth-order valence-corrected chi connectivity index (χ4v) is 1.76. The third-order valence-electron chi connectivity index (χ3n) is 2.48. The first-order valence-corrected chi connectivity index (χ1v) is 7.43. The highest BCUT2D eigenvalue weighted by Crippen LogP contribution is 2.24. The minimum absolute atomic E-state index is 0.956. The van der Waals surface area contributed by atoms with Gasteiger partial charge in [-0.05, 0) is 18.9 Å². The van der Waals surface area contributed by atoms with E-state index in [1.165, 1.54) is 51.2 Å². The molecule has 0 spiro atoms. The number of hydrogen-bond acceptors (Lipinski definition) is 3. The largest absolute Gasteiger partial charge is 0.435 e. The molecule has 4 heteroatoms. The predicted molar refractivity (Wildman–Crippen MR) is 68.8 cm³/mol. The average Bonchev–Trinajstić information content (AvgIpc) is 2.25. The van der Waals surface area contributed by atoms with E-state index in [1.807, 2.05) is 6.08 Å². The van der Waals surface area contributed by atoms with E-state index in [9.17, 15) is 0 Å². The zero-order valence-corrected chi connectivity index (χ0v) is 11.2. The molecule has 0 atom stereocenters. The zero-order valence-electron chi connectivity index (χ0n) is 10.3. The first-order valence-electron chi connectivity index (χ1n) is 6.27. The Morgan fingerprint density at radius 2 is 1.50 bits per heavy atom. The van der Waals surface area contributed by atoms with Crippen LogP contribution < -0.4 is 0 Å². The van der Waals surface area contributed by atoms with Gasteiger partial charge in [0.1, 0.15) is 0 Å². The highest BCUT2D eigenvalue weighted by atomic mass is 31.2. The molecule has 96 valence electrons. The lowest BCUT2D eigenvalue weighted by atomic mass is 10.1. The maximum atomic E-state index is 8.44. The maximum Gasteiger partial charge on any atom is 0.390 e. The molecule has 0 amide bonds. The quantitative estimate of drug-likeness (QED) is 0.326. The Hall–Kier alpha value is -0.110. The van der Waals surface area contributed by atoms with Gasteiger partial charge >= 0.3 is 8.60 Å². The predicted octanol–water partition coefficient (Wildman–Crippen LogP) is 4.26. The van der Waals surface area contributed by atoms with Crippen molar-refractivity contribution in [2.24, 2.45) is 0 Å². The van der Waals surface area contributed by atoms with E-state index in [2.05, 4.69) is 11.4 Å². The third kappa shape index (κ3) is 13.9. The fourth-order valence-electron chi connectivity index (χ4n) is 1.56. The maximum absolute atomic E-state index is 8.44. The zero-order chi connectivity index (χ0) is 12.1. The van der Waals surface area contributed by atoms with Crippen LogP contribution in [0.1, 0.15) is 64.7 Å². The Bertz CT molecular complexity index is 160. The second-order valence-corrected chi connectivity index (χ2v) is 4.71. The molecule has 0 aliphatic heterocycles. The highest BCUT2D eigenvalue weighted by Gasteiger charge is 1.93. The molecular weight excluding hydrogens is 223 g/mol. The van der Waals surface area contributed by atoms with E-state index in [0.29, 0.717) is 0 Å². The second-order valence-electron chi connectivity index (χ2n) is 3.99. The molecule has 2 N–H and O–H groups in total. The van der Waals surface area contributed by atoms with Crippen LogP contribution in [-0.2, 0) is 4.52 Å². The SMILES string of the molecule is CCCCCCCCCC/C=C/OP(O)O. The summed E-state index contributed by atoms with van der Waals surface area (Å²) in [6.45, 7) is 2.24. The van der Waals surface area contributed by atoms with Crippen molar-refractivity contribution in [3.63, 3.8) is 0 Å². The van der Waals surface area contributed by atoms with Crippen LogP contribution in [0.5, 0.6) is 0 Å². The monoisotopic (exact) mass is 248 g/mol. The van der Waals surface area contributed by atoms with E-state index >= 15 is 0 Å². The summed E-state index contributed by atoms with van der Waals surface area (Å²) in [5, 5.41) is 0. The molecule has 0 aromatic heterocycles. The Morgan fingerprint density at radius 3 is 2.06 bits per heavy atom. The molecule has 0 aliphatic carbocycles. The molecule has 0 unspecified atom stereocenters. The smallest absolute Gasteiger partial charge is 0.390 e. The van der Waals surface area contributed by atoms with Crippen LogP contribution >= 0.6 is 8.60 Å². The Morgan fingerprint density at radius 1 is 0.938 bits per heavy atom. The van der Waals surface area contributed by atoms with Gasteiger partial charge in [-0.25, -0.2) is 0 Å². The minimum atomic E-state index is -2.22. The molecular formula is C12H25O3P. The summed E-state index contributed by atoms with van der Waals surface area (Å²) < 4.78 is 4.51. The van der Waals surface area contributed by atoms with Crippen LogP contribution in [-0.4, -0.2) is 9.79 Å².